The van der Waals surface area contributed by atoms with Gasteiger partial charge in [-0.15, -0.1) is 0 Å². The SMILES string of the molecule is O=C(OCCS(=O)(=O)O)c1cc(Br)c(Br)c(Br)c1Br. The molecule has 19 heavy (non-hydrogen) atoms. The maximum absolute atomic E-state index is 11.8. The summed E-state index contributed by atoms with van der Waals surface area (Å²) in [4.78, 5) is 11.8. The van der Waals surface area contributed by atoms with Crippen LogP contribution in [0.4, 0.5) is 0 Å². The second-order valence-electron chi connectivity index (χ2n) is 3.27. The third-order valence-corrected chi connectivity index (χ3v) is 7.24. The normalized spacial score (nSPS) is 11.4. The maximum Gasteiger partial charge on any atom is 0.339 e. The molecule has 0 amide bonds. The number of halogens is 4. The van der Waals surface area contributed by atoms with Gasteiger partial charge >= 0.3 is 5.97 Å². The van der Waals surface area contributed by atoms with Gasteiger partial charge in [0.05, 0.1) is 5.56 Å². The van der Waals surface area contributed by atoms with Gasteiger partial charge in [0.15, 0.2) is 0 Å². The molecule has 1 aromatic rings. The minimum atomic E-state index is -4.15. The summed E-state index contributed by atoms with van der Waals surface area (Å²) in [7, 11) is -4.15. The minimum absolute atomic E-state index is 0.220. The van der Waals surface area contributed by atoms with Gasteiger partial charge < -0.3 is 4.74 Å². The van der Waals surface area contributed by atoms with E-state index in [0.717, 1.165) is 0 Å². The summed E-state index contributed by atoms with van der Waals surface area (Å²) in [5.41, 5.74) is 0.220. The van der Waals surface area contributed by atoms with Gasteiger partial charge in [0.1, 0.15) is 12.4 Å². The zero-order valence-corrected chi connectivity index (χ0v) is 16.2. The molecule has 0 atom stereocenters. The van der Waals surface area contributed by atoms with Gasteiger partial charge in [-0.25, -0.2) is 4.79 Å². The molecule has 0 fully saturated rings. The van der Waals surface area contributed by atoms with Crippen molar-refractivity contribution in [2.75, 3.05) is 12.4 Å². The lowest BCUT2D eigenvalue weighted by molar-refractivity contribution is 0.0527. The average molecular weight is 546 g/mol. The quantitative estimate of drug-likeness (QED) is 0.270. The molecule has 0 bridgehead atoms. The van der Waals surface area contributed by atoms with Crippen LogP contribution in [0, 0.1) is 0 Å². The van der Waals surface area contributed by atoms with Crippen LogP contribution in [0.15, 0.2) is 24.0 Å². The van der Waals surface area contributed by atoms with Crippen LogP contribution in [0.25, 0.3) is 0 Å². The fourth-order valence-electron chi connectivity index (χ4n) is 1.04. The highest BCUT2D eigenvalue weighted by Gasteiger charge is 2.19. The second-order valence-corrected chi connectivity index (χ2v) is 8.08. The van der Waals surface area contributed by atoms with Crippen molar-refractivity contribution in [3.63, 3.8) is 0 Å². The molecule has 0 aliphatic heterocycles. The van der Waals surface area contributed by atoms with E-state index in [9.17, 15) is 13.2 Å². The van der Waals surface area contributed by atoms with Crippen molar-refractivity contribution in [2.45, 2.75) is 0 Å². The number of benzene rings is 1. The van der Waals surface area contributed by atoms with E-state index in [1.54, 1.807) is 0 Å². The Hall–Kier alpha value is 0.520. The molecule has 0 spiro atoms. The third kappa shape index (κ3) is 5.09. The summed E-state index contributed by atoms with van der Waals surface area (Å²) in [5, 5.41) is 0. The number of carbonyl (C=O) groups excluding carboxylic acids is 1. The van der Waals surface area contributed by atoms with Crippen LogP contribution in [0.1, 0.15) is 10.4 Å². The molecule has 0 heterocycles. The number of hydrogen-bond acceptors (Lipinski definition) is 4. The highest BCUT2D eigenvalue weighted by Crippen LogP contribution is 2.39. The van der Waals surface area contributed by atoms with Gasteiger partial charge in [-0.1, -0.05) is 0 Å². The van der Waals surface area contributed by atoms with E-state index in [1.165, 1.54) is 6.07 Å². The molecule has 0 aromatic heterocycles. The minimum Gasteiger partial charge on any atom is -0.461 e. The van der Waals surface area contributed by atoms with Gasteiger partial charge in [0, 0.05) is 17.9 Å². The van der Waals surface area contributed by atoms with Gasteiger partial charge in [-0.3, -0.25) is 4.55 Å². The first kappa shape index (κ1) is 17.6. The number of hydrogen-bond donors (Lipinski definition) is 1. The summed E-state index contributed by atoms with van der Waals surface area (Å²) < 4.78 is 36.7. The molecule has 0 saturated carbocycles. The number of ether oxygens (including phenoxy) is 1. The molecule has 1 aromatic carbocycles. The van der Waals surface area contributed by atoms with E-state index in [1.807, 2.05) is 0 Å². The Balaban J connectivity index is 2.89. The van der Waals surface area contributed by atoms with Crippen LogP contribution in [0.2, 0.25) is 0 Å². The van der Waals surface area contributed by atoms with Crippen LogP contribution in [0.5, 0.6) is 0 Å². The van der Waals surface area contributed by atoms with Gasteiger partial charge in [-0.2, -0.15) is 8.42 Å². The van der Waals surface area contributed by atoms with Gasteiger partial charge in [-0.05, 0) is 69.8 Å². The molecule has 0 unspecified atom stereocenters. The molecular weight excluding hydrogens is 540 g/mol. The highest BCUT2D eigenvalue weighted by molar-refractivity contribution is 9.15. The van der Waals surface area contributed by atoms with Crippen LogP contribution in [0.3, 0.4) is 0 Å². The molecule has 1 rings (SSSR count). The smallest absolute Gasteiger partial charge is 0.339 e. The Bertz CT molecular complexity index is 614. The van der Waals surface area contributed by atoms with Crippen LogP contribution in [-0.2, 0) is 14.9 Å². The monoisotopic (exact) mass is 542 g/mol. The topological polar surface area (TPSA) is 80.7 Å². The fourth-order valence-corrected chi connectivity index (χ4v) is 3.51. The summed E-state index contributed by atoms with van der Waals surface area (Å²) >= 11 is 13.1. The van der Waals surface area contributed by atoms with Crippen molar-refractivity contribution in [3.8, 4) is 0 Å². The van der Waals surface area contributed by atoms with Gasteiger partial charge in [0.2, 0.25) is 0 Å². The third-order valence-electron chi connectivity index (χ3n) is 1.90. The summed E-state index contributed by atoms with van der Waals surface area (Å²) in [6.45, 7) is -0.421. The maximum atomic E-state index is 11.8. The predicted octanol–water partition coefficient (Wildman–Crippen LogP) is 3.78. The zero-order valence-electron chi connectivity index (χ0n) is 8.99. The Morgan fingerprint density at radius 2 is 1.74 bits per heavy atom. The van der Waals surface area contributed by atoms with Crippen LogP contribution < -0.4 is 0 Å². The molecule has 106 valence electrons. The standard InChI is InChI=1S/C9H6Br4O5S/c10-5-3-4(6(11)8(13)7(5)12)9(14)18-1-2-19(15,16)17/h3H,1-2H2,(H,15,16,17). The lowest BCUT2D eigenvalue weighted by atomic mass is 10.2. The molecule has 0 saturated heterocycles. The van der Waals surface area contributed by atoms with E-state index in [4.69, 9.17) is 9.29 Å². The van der Waals surface area contributed by atoms with Crippen LogP contribution in [-0.4, -0.2) is 31.3 Å². The largest absolute Gasteiger partial charge is 0.461 e. The first-order valence-corrected chi connectivity index (χ1v) is 9.37. The first-order chi connectivity index (χ1) is 8.63. The molecule has 0 radical (unpaired) electrons. The summed E-state index contributed by atoms with van der Waals surface area (Å²) in [5.74, 6) is -1.35. The number of rotatable bonds is 4. The molecule has 0 aliphatic carbocycles. The van der Waals surface area contributed by atoms with E-state index in [-0.39, 0.29) is 5.56 Å². The molecule has 10 heteroatoms. The van der Waals surface area contributed by atoms with Crippen molar-refractivity contribution in [3.05, 3.63) is 29.5 Å². The van der Waals surface area contributed by atoms with Crippen LogP contribution >= 0.6 is 63.7 Å². The lowest BCUT2D eigenvalue weighted by Crippen LogP contribution is -2.15. The van der Waals surface area contributed by atoms with Crippen molar-refractivity contribution >= 4 is 79.8 Å². The van der Waals surface area contributed by atoms with E-state index < -0.39 is 28.4 Å². The highest BCUT2D eigenvalue weighted by atomic mass is 79.9. The Morgan fingerprint density at radius 1 is 1.16 bits per heavy atom. The molecule has 5 nitrogen and oxygen atoms in total. The molecule has 1 N–H and O–H groups in total. The van der Waals surface area contributed by atoms with Crippen molar-refractivity contribution < 1.29 is 22.5 Å². The second kappa shape index (κ2) is 6.99. The first-order valence-electron chi connectivity index (χ1n) is 4.58. The zero-order chi connectivity index (χ0) is 14.8. The molecular formula is C9H6Br4O5S. The number of carbonyl (C=O) groups is 1. The molecule has 0 aliphatic rings. The fraction of sp³-hybridized carbons (Fsp3) is 0.222. The van der Waals surface area contributed by atoms with Crippen molar-refractivity contribution in [1.82, 2.24) is 0 Å². The predicted molar refractivity (Wildman–Crippen MR) is 83.9 cm³/mol. The van der Waals surface area contributed by atoms with E-state index in [0.29, 0.717) is 17.9 Å². The Morgan fingerprint density at radius 3 is 2.26 bits per heavy atom. The van der Waals surface area contributed by atoms with E-state index >= 15 is 0 Å². The van der Waals surface area contributed by atoms with Gasteiger partial charge in [0.25, 0.3) is 10.1 Å². The van der Waals surface area contributed by atoms with Crippen molar-refractivity contribution in [1.29, 1.82) is 0 Å². The summed E-state index contributed by atoms with van der Waals surface area (Å²) in [6.07, 6.45) is 0. The van der Waals surface area contributed by atoms with Crippen molar-refractivity contribution in [2.24, 2.45) is 0 Å². The Labute approximate surface area is 143 Å². The number of esters is 1. The van der Waals surface area contributed by atoms with E-state index in [2.05, 4.69) is 63.7 Å². The summed E-state index contributed by atoms with van der Waals surface area (Å²) in [6, 6.07) is 1.52. The Kier molecular flexibility index (Phi) is 6.46. The lowest BCUT2D eigenvalue weighted by Gasteiger charge is -2.09. The average Bonchev–Trinajstić information content (AvgIpc) is 2.29.